The van der Waals surface area contributed by atoms with E-state index in [4.69, 9.17) is 9.47 Å². The Kier molecular flexibility index (Phi) is 7.12. The molecule has 5 nitrogen and oxygen atoms in total. The van der Waals surface area contributed by atoms with Gasteiger partial charge in [-0.15, -0.1) is 11.3 Å². The second-order valence-corrected chi connectivity index (χ2v) is 7.90. The predicted molar refractivity (Wildman–Crippen MR) is 129 cm³/mol. The highest BCUT2D eigenvalue weighted by Gasteiger charge is 2.08. The number of aromatic nitrogens is 1. The zero-order valence-electron chi connectivity index (χ0n) is 17.8. The molecule has 7 heteroatoms. The second kappa shape index (κ2) is 10.6. The SMILES string of the molecule is COc1ccc(-c2csc(NC(=O)/C=C/c3ccccc3OCc3cccc(F)c3)n2)cc1. The van der Waals surface area contributed by atoms with Crippen molar-refractivity contribution in [3.8, 4) is 22.8 Å². The van der Waals surface area contributed by atoms with Crippen molar-refractivity contribution in [3.63, 3.8) is 0 Å². The van der Waals surface area contributed by atoms with Crippen LogP contribution in [0, 0.1) is 5.82 Å². The molecule has 166 valence electrons. The van der Waals surface area contributed by atoms with Gasteiger partial charge < -0.3 is 9.47 Å². The molecule has 0 saturated heterocycles. The maximum Gasteiger partial charge on any atom is 0.250 e. The number of hydrogen-bond acceptors (Lipinski definition) is 5. The molecule has 1 aromatic heterocycles. The minimum atomic E-state index is -0.307. The van der Waals surface area contributed by atoms with Crippen molar-refractivity contribution in [2.45, 2.75) is 6.61 Å². The van der Waals surface area contributed by atoms with Crippen LogP contribution in [0.2, 0.25) is 0 Å². The molecule has 0 unspecified atom stereocenters. The van der Waals surface area contributed by atoms with Crippen LogP contribution in [0.25, 0.3) is 17.3 Å². The van der Waals surface area contributed by atoms with E-state index >= 15 is 0 Å². The summed E-state index contributed by atoms with van der Waals surface area (Å²) in [6, 6.07) is 21.2. The topological polar surface area (TPSA) is 60.5 Å². The summed E-state index contributed by atoms with van der Waals surface area (Å²) in [5.41, 5.74) is 3.18. The predicted octanol–water partition coefficient (Wildman–Crippen LogP) is 6.19. The van der Waals surface area contributed by atoms with E-state index in [0.717, 1.165) is 28.1 Å². The van der Waals surface area contributed by atoms with E-state index in [2.05, 4.69) is 10.3 Å². The zero-order chi connectivity index (χ0) is 23.0. The van der Waals surface area contributed by atoms with Crippen molar-refractivity contribution < 1.29 is 18.7 Å². The van der Waals surface area contributed by atoms with Crippen molar-refractivity contribution in [1.29, 1.82) is 0 Å². The minimum Gasteiger partial charge on any atom is -0.497 e. The van der Waals surface area contributed by atoms with Crippen molar-refractivity contribution in [1.82, 2.24) is 4.98 Å². The van der Waals surface area contributed by atoms with Crippen molar-refractivity contribution >= 4 is 28.5 Å². The van der Waals surface area contributed by atoms with Crippen molar-refractivity contribution in [3.05, 3.63) is 101 Å². The molecule has 1 heterocycles. The Bertz CT molecular complexity index is 1270. The Morgan fingerprint density at radius 2 is 1.91 bits per heavy atom. The largest absolute Gasteiger partial charge is 0.497 e. The van der Waals surface area contributed by atoms with Crippen LogP contribution in [-0.4, -0.2) is 18.0 Å². The normalized spacial score (nSPS) is 10.8. The molecule has 0 aliphatic heterocycles. The van der Waals surface area contributed by atoms with Crippen LogP contribution in [0.3, 0.4) is 0 Å². The lowest BCUT2D eigenvalue weighted by Gasteiger charge is -2.09. The van der Waals surface area contributed by atoms with Gasteiger partial charge in [0.25, 0.3) is 0 Å². The van der Waals surface area contributed by atoms with Crippen molar-refractivity contribution in [2.75, 3.05) is 12.4 Å². The quantitative estimate of drug-likeness (QED) is 0.319. The molecular weight excluding hydrogens is 439 g/mol. The summed E-state index contributed by atoms with van der Waals surface area (Å²) < 4.78 is 24.4. The first-order valence-corrected chi connectivity index (χ1v) is 11.0. The molecular formula is C26H21FN2O3S. The minimum absolute atomic E-state index is 0.224. The Morgan fingerprint density at radius 1 is 1.09 bits per heavy atom. The monoisotopic (exact) mass is 460 g/mol. The summed E-state index contributed by atoms with van der Waals surface area (Å²) in [6.07, 6.45) is 3.10. The van der Waals surface area contributed by atoms with Gasteiger partial charge in [-0.3, -0.25) is 10.1 Å². The maximum atomic E-state index is 13.4. The molecule has 0 atom stereocenters. The van der Waals surface area contributed by atoms with E-state index in [1.165, 1.54) is 29.5 Å². The molecule has 0 bridgehead atoms. The van der Waals surface area contributed by atoms with E-state index in [0.29, 0.717) is 10.9 Å². The van der Waals surface area contributed by atoms with Crippen LogP contribution in [0.15, 0.2) is 84.3 Å². The first-order valence-electron chi connectivity index (χ1n) is 10.2. The molecule has 33 heavy (non-hydrogen) atoms. The van der Waals surface area contributed by atoms with E-state index in [1.807, 2.05) is 47.8 Å². The fourth-order valence-electron chi connectivity index (χ4n) is 3.08. The van der Waals surface area contributed by atoms with E-state index in [9.17, 15) is 9.18 Å². The average Bonchev–Trinajstić information content (AvgIpc) is 3.30. The molecule has 0 spiro atoms. The number of carbonyl (C=O) groups is 1. The number of ether oxygens (including phenoxy) is 2. The average molecular weight is 461 g/mol. The molecule has 0 saturated carbocycles. The van der Waals surface area contributed by atoms with Crippen LogP contribution >= 0.6 is 11.3 Å². The number of amides is 1. The number of rotatable bonds is 8. The summed E-state index contributed by atoms with van der Waals surface area (Å²) in [5.74, 6) is 0.763. The number of carbonyl (C=O) groups excluding carboxylic acids is 1. The molecule has 0 radical (unpaired) electrons. The fourth-order valence-corrected chi connectivity index (χ4v) is 3.80. The summed E-state index contributed by atoms with van der Waals surface area (Å²) in [7, 11) is 1.62. The van der Waals surface area contributed by atoms with Gasteiger partial charge in [0.2, 0.25) is 5.91 Å². The Labute approximate surface area is 195 Å². The third-order valence-electron chi connectivity index (χ3n) is 4.74. The molecule has 0 aliphatic rings. The van der Waals surface area contributed by atoms with Crippen LogP contribution in [0.1, 0.15) is 11.1 Å². The van der Waals surface area contributed by atoms with Crippen LogP contribution in [0.4, 0.5) is 9.52 Å². The number of halogens is 1. The van der Waals surface area contributed by atoms with Crippen molar-refractivity contribution in [2.24, 2.45) is 0 Å². The first-order chi connectivity index (χ1) is 16.1. The van der Waals surface area contributed by atoms with Crippen LogP contribution in [-0.2, 0) is 11.4 Å². The number of thiazole rings is 1. The Morgan fingerprint density at radius 3 is 2.70 bits per heavy atom. The van der Waals surface area contributed by atoms with Gasteiger partial charge in [-0.2, -0.15) is 0 Å². The van der Waals surface area contributed by atoms with E-state index in [-0.39, 0.29) is 18.3 Å². The second-order valence-electron chi connectivity index (χ2n) is 7.05. The number of para-hydroxylation sites is 1. The lowest BCUT2D eigenvalue weighted by molar-refractivity contribution is -0.111. The summed E-state index contributed by atoms with van der Waals surface area (Å²) in [5, 5.41) is 5.17. The van der Waals surface area contributed by atoms with Gasteiger partial charge in [-0.1, -0.05) is 30.3 Å². The van der Waals surface area contributed by atoms with Gasteiger partial charge in [-0.05, 0) is 54.1 Å². The van der Waals surface area contributed by atoms with E-state index < -0.39 is 0 Å². The Balaban J connectivity index is 1.38. The number of anilines is 1. The highest BCUT2D eigenvalue weighted by molar-refractivity contribution is 7.14. The highest BCUT2D eigenvalue weighted by Crippen LogP contribution is 2.27. The third-order valence-corrected chi connectivity index (χ3v) is 5.49. The molecule has 3 aromatic carbocycles. The standard InChI is InChI=1S/C26H21FN2O3S/c1-31-22-12-9-19(10-13-22)23-17-33-26(28-23)29-25(30)14-11-20-6-2-3-8-24(20)32-16-18-5-4-7-21(27)15-18/h2-15,17H,16H2,1H3,(H,28,29,30)/b14-11+. The number of benzene rings is 3. The number of nitrogens with zero attached hydrogens (tertiary/aromatic N) is 1. The first kappa shape index (κ1) is 22.2. The number of nitrogens with one attached hydrogen (secondary N) is 1. The smallest absolute Gasteiger partial charge is 0.250 e. The number of methoxy groups -OCH3 is 1. The zero-order valence-corrected chi connectivity index (χ0v) is 18.6. The molecule has 1 amide bonds. The molecule has 4 rings (SSSR count). The molecule has 0 aliphatic carbocycles. The van der Waals surface area contributed by atoms with E-state index in [1.54, 1.807) is 31.4 Å². The van der Waals surface area contributed by atoms with Crippen LogP contribution in [0.5, 0.6) is 11.5 Å². The van der Waals surface area contributed by atoms with Crippen LogP contribution < -0.4 is 14.8 Å². The molecule has 4 aromatic rings. The molecule has 1 N–H and O–H groups in total. The summed E-state index contributed by atoms with van der Waals surface area (Å²) >= 11 is 1.35. The van der Waals surface area contributed by atoms with Gasteiger partial charge >= 0.3 is 0 Å². The summed E-state index contributed by atoms with van der Waals surface area (Å²) in [6.45, 7) is 0.224. The lowest BCUT2D eigenvalue weighted by atomic mass is 10.2. The summed E-state index contributed by atoms with van der Waals surface area (Å²) in [4.78, 5) is 16.9. The van der Waals surface area contributed by atoms with Gasteiger partial charge in [-0.25, -0.2) is 9.37 Å². The lowest BCUT2D eigenvalue weighted by Crippen LogP contribution is -2.07. The van der Waals surface area contributed by atoms with Gasteiger partial charge in [0, 0.05) is 22.6 Å². The van der Waals surface area contributed by atoms with Gasteiger partial charge in [0.05, 0.1) is 12.8 Å². The van der Waals surface area contributed by atoms with Gasteiger partial charge in [0.1, 0.15) is 23.9 Å². The maximum absolute atomic E-state index is 13.4. The fraction of sp³-hybridized carbons (Fsp3) is 0.0769. The molecule has 0 fully saturated rings. The third kappa shape index (κ3) is 6.05. The van der Waals surface area contributed by atoms with Gasteiger partial charge in [0.15, 0.2) is 5.13 Å². The highest BCUT2D eigenvalue weighted by atomic mass is 32.1. The number of hydrogen-bond donors (Lipinski definition) is 1. The Hall–Kier alpha value is -3.97.